The zero-order valence-electron chi connectivity index (χ0n) is 18.4. The SMILES string of the molecule is COc1ccccc1.COc1ccccc1.Cc1ccccc1.Cc1ccccc1. The first-order valence-electron chi connectivity index (χ1n) is 9.87. The number of para-hydroxylation sites is 2. The molecule has 156 valence electrons. The van der Waals surface area contributed by atoms with Crippen molar-refractivity contribution in [2.75, 3.05) is 14.2 Å². The maximum Gasteiger partial charge on any atom is 0.118 e. The van der Waals surface area contributed by atoms with Gasteiger partial charge in [0, 0.05) is 0 Å². The van der Waals surface area contributed by atoms with E-state index in [9.17, 15) is 0 Å². The molecule has 0 saturated heterocycles. The summed E-state index contributed by atoms with van der Waals surface area (Å²) in [5.74, 6) is 1.82. The third-order valence-electron chi connectivity index (χ3n) is 3.84. The molecule has 0 aliphatic carbocycles. The minimum atomic E-state index is 0.910. The van der Waals surface area contributed by atoms with E-state index in [1.54, 1.807) is 14.2 Å². The van der Waals surface area contributed by atoms with E-state index in [1.165, 1.54) is 11.1 Å². The Labute approximate surface area is 181 Å². The lowest BCUT2D eigenvalue weighted by Gasteiger charge is -1.93. The molecule has 2 nitrogen and oxygen atoms in total. The Morgan fingerprint density at radius 2 is 0.600 bits per heavy atom. The lowest BCUT2D eigenvalue weighted by atomic mass is 10.2. The van der Waals surface area contributed by atoms with E-state index >= 15 is 0 Å². The fraction of sp³-hybridized carbons (Fsp3) is 0.143. The largest absolute Gasteiger partial charge is 0.497 e. The summed E-state index contributed by atoms with van der Waals surface area (Å²) < 4.78 is 9.83. The van der Waals surface area contributed by atoms with Crippen molar-refractivity contribution < 1.29 is 9.47 Å². The van der Waals surface area contributed by atoms with Crippen LogP contribution in [0.25, 0.3) is 0 Å². The molecule has 0 aromatic heterocycles. The molecule has 30 heavy (non-hydrogen) atoms. The molecule has 0 aliphatic rings. The van der Waals surface area contributed by atoms with Gasteiger partial charge in [0.05, 0.1) is 14.2 Å². The molecule has 0 aliphatic heterocycles. The minimum Gasteiger partial charge on any atom is -0.497 e. The highest BCUT2D eigenvalue weighted by Crippen LogP contribution is 2.06. The van der Waals surface area contributed by atoms with Crippen LogP contribution in [-0.4, -0.2) is 14.2 Å². The molecular weight excluding hydrogens is 368 g/mol. The van der Waals surface area contributed by atoms with Crippen LogP contribution in [0.4, 0.5) is 0 Å². The second-order valence-corrected chi connectivity index (χ2v) is 6.34. The molecule has 0 spiro atoms. The first kappa shape index (κ1) is 24.5. The highest BCUT2D eigenvalue weighted by atomic mass is 16.5. The summed E-state index contributed by atoms with van der Waals surface area (Å²) in [5.41, 5.74) is 2.64. The van der Waals surface area contributed by atoms with Crippen LogP contribution >= 0.6 is 0 Å². The molecule has 2 heteroatoms. The predicted molar refractivity (Wildman–Crippen MR) is 128 cm³/mol. The number of benzene rings is 4. The summed E-state index contributed by atoms with van der Waals surface area (Å²) in [6, 6.07) is 39.9. The van der Waals surface area contributed by atoms with Gasteiger partial charge in [-0.1, -0.05) is 108 Å². The van der Waals surface area contributed by atoms with Gasteiger partial charge in [-0.25, -0.2) is 0 Å². The Balaban J connectivity index is 0.000000200. The molecule has 0 N–H and O–H groups in total. The van der Waals surface area contributed by atoms with Gasteiger partial charge in [0.15, 0.2) is 0 Å². The molecule has 4 rings (SSSR count). The van der Waals surface area contributed by atoms with E-state index in [4.69, 9.17) is 9.47 Å². The summed E-state index contributed by atoms with van der Waals surface area (Å²) in [7, 11) is 3.32. The van der Waals surface area contributed by atoms with Crippen molar-refractivity contribution in [3.63, 3.8) is 0 Å². The molecule has 0 amide bonds. The average Bonchev–Trinajstić information content (AvgIpc) is 2.82. The monoisotopic (exact) mass is 400 g/mol. The molecular formula is C28H32O2. The normalized spacial score (nSPS) is 8.67. The van der Waals surface area contributed by atoms with Gasteiger partial charge >= 0.3 is 0 Å². The van der Waals surface area contributed by atoms with Gasteiger partial charge in [-0.15, -0.1) is 0 Å². The van der Waals surface area contributed by atoms with Crippen LogP contribution in [0.15, 0.2) is 121 Å². The lowest BCUT2D eigenvalue weighted by Crippen LogP contribution is -1.78. The number of ether oxygens (including phenoxy) is 2. The van der Waals surface area contributed by atoms with Gasteiger partial charge in [-0.05, 0) is 38.1 Å². The highest BCUT2D eigenvalue weighted by molar-refractivity contribution is 5.21. The van der Waals surface area contributed by atoms with Crippen LogP contribution < -0.4 is 9.47 Å². The van der Waals surface area contributed by atoms with Gasteiger partial charge in [0.2, 0.25) is 0 Å². The van der Waals surface area contributed by atoms with Gasteiger partial charge in [-0.3, -0.25) is 0 Å². The molecule has 0 atom stereocenters. The Bertz CT molecular complexity index is 784. The van der Waals surface area contributed by atoms with E-state index in [0.29, 0.717) is 0 Å². The zero-order chi connectivity index (χ0) is 21.9. The van der Waals surface area contributed by atoms with Gasteiger partial charge in [0.25, 0.3) is 0 Å². The quantitative estimate of drug-likeness (QED) is 0.349. The van der Waals surface area contributed by atoms with Crippen molar-refractivity contribution >= 4 is 0 Å². The van der Waals surface area contributed by atoms with E-state index in [2.05, 4.69) is 38.1 Å². The van der Waals surface area contributed by atoms with Crippen LogP contribution in [-0.2, 0) is 0 Å². The van der Waals surface area contributed by atoms with E-state index < -0.39 is 0 Å². The van der Waals surface area contributed by atoms with Crippen LogP contribution in [0.2, 0.25) is 0 Å². The first-order valence-corrected chi connectivity index (χ1v) is 9.87. The van der Waals surface area contributed by atoms with Crippen LogP contribution in [0.1, 0.15) is 11.1 Å². The molecule has 0 unspecified atom stereocenters. The Hall–Kier alpha value is -3.52. The van der Waals surface area contributed by atoms with Crippen molar-refractivity contribution in [3.05, 3.63) is 132 Å². The third kappa shape index (κ3) is 12.8. The van der Waals surface area contributed by atoms with Gasteiger partial charge < -0.3 is 9.47 Å². The van der Waals surface area contributed by atoms with Crippen molar-refractivity contribution in [1.82, 2.24) is 0 Å². The number of aryl methyl sites for hydroxylation is 2. The first-order chi connectivity index (χ1) is 14.7. The lowest BCUT2D eigenvalue weighted by molar-refractivity contribution is 0.414. The molecule has 0 bridgehead atoms. The van der Waals surface area contributed by atoms with E-state index in [-0.39, 0.29) is 0 Å². The molecule has 0 radical (unpaired) electrons. The minimum absolute atomic E-state index is 0.910. The number of hydrogen-bond donors (Lipinski definition) is 0. The van der Waals surface area contributed by atoms with Crippen molar-refractivity contribution in [2.45, 2.75) is 13.8 Å². The Kier molecular flexibility index (Phi) is 13.4. The average molecular weight is 401 g/mol. The van der Waals surface area contributed by atoms with Crippen molar-refractivity contribution in [3.8, 4) is 11.5 Å². The van der Waals surface area contributed by atoms with Gasteiger partial charge in [-0.2, -0.15) is 0 Å². The Morgan fingerprint density at radius 1 is 0.367 bits per heavy atom. The fourth-order valence-corrected chi connectivity index (χ4v) is 2.18. The molecule has 4 aromatic carbocycles. The standard InChI is InChI=1S/2C7H8O.2C7H8/c2*1-8-7-5-3-2-4-6-7;2*1-7-5-3-2-4-6-7/h2*2-6H,1H3;2*2-6H,1H3. The number of hydrogen-bond acceptors (Lipinski definition) is 2. The summed E-state index contributed by atoms with van der Waals surface area (Å²) >= 11 is 0. The summed E-state index contributed by atoms with van der Waals surface area (Å²) in [6.07, 6.45) is 0. The number of methoxy groups -OCH3 is 2. The highest BCUT2D eigenvalue weighted by Gasteiger charge is 1.81. The van der Waals surface area contributed by atoms with Gasteiger partial charge in [0.1, 0.15) is 11.5 Å². The molecule has 0 fully saturated rings. The van der Waals surface area contributed by atoms with Crippen LogP contribution in [0.3, 0.4) is 0 Å². The fourth-order valence-electron chi connectivity index (χ4n) is 2.18. The Morgan fingerprint density at radius 3 is 0.733 bits per heavy atom. The van der Waals surface area contributed by atoms with Crippen molar-refractivity contribution in [1.29, 1.82) is 0 Å². The van der Waals surface area contributed by atoms with E-state index in [1.807, 2.05) is 97.1 Å². The maximum atomic E-state index is 4.91. The molecule has 0 saturated carbocycles. The number of rotatable bonds is 2. The molecule has 4 aromatic rings. The summed E-state index contributed by atoms with van der Waals surface area (Å²) in [6.45, 7) is 4.17. The zero-order valence-corrected chi connectivity index (χ0v) is 18.4. The summed E-state index contributed by atoms with van der Waals surface area (Å²) in [5, 5.41) is 0. The molecule has 0 heterocycles. The topological polar surface area (TPSA) is 18.5 Å². The van der Waals surface area contributed by atoms with Crippen molar-refractivity contribution in [2.24, 2.45) is 0 Å². The van der Waals surface area contributed by atoms with Crippen LogP contribution in [0.5, 0.6) is 11.5 Å². The van der Waals surface area contributed by atoms with E-state index in [0.717, 1.165) is 11.5 Å². The summed E-state index contributed by atoms with van der Waals surface area (Å²) in [4.78, 5) is 0. The third-order valence-corrected chi connectivity index (χ3v) is 3.84. The maximum absolute atomic E-state index is 4.91. The second kappa shape index (κ2) is 16.4. The second-order valence-electron chi connectivity index (χ2n) is 6.34. The van der Waals surface area contributed by atoms with Crippen LogP contribution in [0, 0.1) is 13.8 Å². The smallest absolute Gasteiger partial charge is 0.118 e. The predicted octanol–water partition coefficient (Wildman–Crippen LogP) is 7.38.